The minimum absolute atomic E-state index is 0.585. The summed E-state index contributed by atoms with van der Waals surface area (Å²) in [4.78, 5) is 0. The molecule has 1 N–H and O–H groups in total. The Kier molecular flexibility index (Phi) is 4.37. The molecule has 1 aromatic carbocycles. The van der Waals surface area contributed by atoms with Crippen LogP contribution in [0.2, 0.25) is 0 Å². The van der Waals surface area contributed by atoms with Crippen LogP contribution < -0.4 is 9.47 Å². The highest BCUT2D eigenvalue weighted by molar-refractivity contribution is 5.47. The molecule has 96 valence electrons. The summed E-state index contributed by atoms with van der Waals surface area (Å²) < 4.78 is 15.8. The zero-order valence-electron chi connectivity index (χ0n) is 11.0. The van der Waals surface area contributed by atoms with Crippen LogP contribution in [0.4, 0.5) is 0 Å². The third-order valence-electron chi connectivity index (χ3n) is 2.92. The molecule has 0 aliphatic heterocycles. The number of aliphatic hydroxyl groups excluding tert-OH is 1. The Morgan fingerprint density at radius 1 is 1.06 bits per heavy atom. The fourth-order valence-electron chi connectivity index (χ4n) is 1.61. The number of hydrogen-bond acceptors (Lipinski definition) is 4. The van der Waals surface area contributed by atoms with E-state index in [2.05, 4.69) is 0 Å². The topological polar surface area (TPSA) is 47.9 Å². The summed E-state index contributed by atoms with van der Waals surface area (Å²) in [6.07, 6.45) is -0.835. The van der Waals surface area contributed by atoms with Crippen LogP contribution in [0.3, 0.4) is 0 Å². The molecule has 0 aromatic heterocycles. The van der Waals surface area contributed by atoms with Crippen LogP contribution in [-0.4, -0.2) is 32.0 Å². The van der Waals surface area contributed by atoms with Crippen molar-refractivity contribution in [3.63, 3.8) is 0 Å². The lowest BCUT2D eigenvalue weighted by atomic mass is 9.93. The summed E-state index contributed by atoms with van der Waals surface area (Å²) in [5.74, 6) is 1.17. The molecule has 0 saturated heterocycles. The van der Waals surface area contributed by atoms with Crippen molar-refractivity contribution in [3.8, 4) is 11.5 Å². The van der Waals surface area contributed by atoms with Gasteiger partial charge >= 0.3 is 0 Å². The van der Waals surface area contributed by atoms with Crippen molar-refractivity contribution >= 4 is 0 Å². The minimum atomic E-state index is -0.835. The zero-order valence-corrected chi connectivity index (χ0v) is 11.0. The van der Waals surface area contributed by atoms with Gasteiger partial charge in [0.1, 0.15) is 17.6 Å². The Hall–Kier alpha value is -1.26. The molecule has 4 heteroatoms. The third kappa shape index (κ3) is 2.70. The Labute approximate surface area is 102 Å². The summed E-state index contributed by atoms with van der Waals surface area (Å²) in [5.41, 5.74) is -0.119. The highest BCUT2D eigenvalue weighted by Crippen LogP contribution is 2.39. The van der Waals surface area contributed by atoms with Gasteiger partial charge in [0, 0.05) is 7.11 Å². The Balaban J connectivity index is 3.27. The minimum Gasteiger partial charge on any atom is -0.496 e. The Morgan fingerprint density at radius 3 is 1.88 bits per heavy atom. The molecule has 0 spiro atoms. The van der Waals surface area contributed by atoms with Gasteiger partial charge in [-0.25, -0.2) is 0 Å². The number of rotatable bonds is 5. The number of methoxy groups -OCH3 is 3. The van der Waals surface area contributed by atoms with Crippen LogP contribution in [0.25, 0.3) is 0 Å². The maximum Gasteiger partial charge on any atom is 0.128 e. The van der Waals surface area contributed by atoms with Gasteiger partial charge in [-0.3, -0.25) is 0 Å². The van der Waals surface area contributed by atoms with E-state index in [-0.39, 0.29) is 0 Å². The van der Waals surface area contributed by atoms with E-state index in [1.165, 1.54) is 0 Å². The van der Waals surface area contributed by atoms with Crippen LogP contribution in [-0.2, 0) is 4.74 Å². The molecular formula is C13H20O4. The molecule has 0 fully saturated rings. The molecule has 1 aromatic rings. The van der Waals surface area contributed by atoms with Gasteiger partial charge < -0.3 is 19.3 Å². The lowest BCUT2D eigenvalue weighted by molar-refractivity contribution is -0.0807. The van der Waals surface area contributed by atoms with Crippen molar-refractivity contribution in [3.05, 3.63) is 23.8 Å². The first kappa shape index (κ1) is 13.8. The molecule has 0 amide bonds. The second-order valence-electron chi connectivity index (χ2n) is 4.29. The van der Waals surface area contributed by atoms with Crippen molar-refractivity contribution in [2.24, 2.45) is 0 Å². The molecule has 0 saturated carbocycles. The van der Waals surface area contributed by atoms with E-state index in [0.717, 1.165) is 0 Å². The van der Waals surface area contributed by atoms with Crippen molar-refractivity contribution in [1.82, 2.24) is 0 Å². The smallest absolute Gasteiger partial charge is 0.128 e. The van der Waals surface area contributed by atoms with Crippen molar-refractivity contribution in [2.45, 2.75) is 25.6 Å². The van der Waals surface area contributed by atoms with Gasteiger partial charge in [-0.05, 0) is 26.0 Å². The van der Waals surface area contributed by atoms with Crippen LogP contribution in [0.15, 0.2) is 18.2 Å². The molecule has 1 atom stereocenters. The van der Waals surface area contributed by atoms with E-state index >= 15 is 0 Å². The number of hydrogen-bond donors (Lipinski definition) is 1. The van der Waals surface area contributed by atoms with Gasteiger partial charge in [0.05, 0.1) is 25.4 Å². The summed E-state index contributed by atoms with van der Waals surface area (Å²) in [6.45, 7) is 3.62. The first-order valence-corrected chi connectivity index (χ1v) is 5.42. The summed E-state index contributed by atoms with van der Waals surface area (Å²) in [7, 11) is 4.68. The normalized spacial score (nSPS) is 13.3. The second-order valence-corrected chi connectivity index (χ2v) is 4.29. The van der Waals surface area contributed by atoms with E-state index in [9.17, 15) is 5.11 Å². The van der Waals surface area contributed by atoms with Crippen LogP contribution in [0.5, 0.6) is 11.5 Å². The van der Waals surface area contributed by atoms with Gasteiger partial charge in [0.25, 0.3) is 0 Å². The molecule has 4 nitrogen and oxygen atoms in total. The van der Waals surface area contributed by atoms with Crippen molar-refractivity contribution in [1.29, 1.82) is 0 Å². The standard InChI is InChI=1S/C13H20O4/c1-13(2,17-5)12(14)11-9(15-3)7-6-8-10(11)16-4/h6-8,12,14H,1-5H3. The van der Waals surface area contributed by atoms with Crippen LogP contribution in [0.1, 0.15) is 25.5 Å². The maximum atomic E-state index is 10.4. The van der Waals surface area contributed by atoms with E-state index in [0.29, 0.717) is 17.1 Å². The Morgan fingerprint density at radius 2 is 1.53 bits per heavy atom. The van der Waals surface area contributed by atoms with Gasteiger partial charge in [-0.1, -0.05) is 6.07 Å². The molecule has 0 aliphatic rings. The quantitative estimate of drug-likeness (QED) is 0.856. The number of ether oxygens (including phenoxy) is 3. The van der Waals surface area contributed by atoms with E-state index in [1.54, 1.807) is 33.5 Å². The molecular weight excluding hydrogens is 220 g/mol. The Bertz CT molecular complexity index is 351. The molecule has 17 heavy (non-hydrogen) atoms. The van der Waals surface area contributed by atoms with E-state index in [4.69, 9.17) is 14.2 Å². The van der Waals surface area contributed by atoms with Crippen LogP contribution >= 0.6 is 0 Å². The molecule has 0 heterocycles. The molecule has 0 bridgehead atoms. The second kappa shape index (κ2) is 5.38. The highest BCUT2D eigenvalue weighted by atomic mass is 16.5. The predicted molar refractivity (Wildman–Crippen MR) is 65.6 cm³/mol. The maximum absolute atomic E-state index is 10.4. The van der Waals surface area contributed by atoms with E-state index < -0.39 is 11.7 Å². The fourth-order valence-corrected chi connectivity index (χ4v) is 1.61. The lowest BCUT2D eigenvalue weighted by Crippen LogP contribution is -2.32. The monoisotopic (exact) mass is 240 g/mol. The van der Waals surface area contributed by atoms with Crippen molar-refractivity contribution in [2.75, 3.05) is 21.3 Å². The summed E-state index contributed by atoms with van der Waals surface area (Å²) >= 11 is 0. The zero-order chi connectivity index (χ0) is 13.1. The third-order valence-corrected chi connectivity index (χ3v) is 2.92. The number of benzene rings is 1. The average Bonchev–Trinajstić information content (AvgIpc) is 2.36. The summed E-state index contributed by atoms with van der Waals surface area (Å²) in [5, 5.41) is 10.4. The average molecular weight is 240 g/mol. The van der Waals surface area contributed by atoms with E-state index in [1.807, 2.05) is 19.9 Å². The fraction of sp³-hybridized carbons (Fsp3) is 0.538. The highest BCUT2D eigenvalue weighted by Gasteiger charge is 2.33. The lowest BCUT2D eigenvalue weighted by Gasteiger charge is -2.31. The van der Waals surface area contributed by atoms with Gasteiger partial charge in [0.2, 0.25) is 0 Å². The van der Waals surface area contributed by atoms with Gasteiger partial charge in [-0.15, -0.1) is 0 Å². The number of aliphatic hydroxyl groups is 1. The molecule has 1 unspecified atom stereocenters. The molecule has 1 rings (SSSR count). The first-order valence-electron chi connectivity index (χ1n) is 5.42. The SMILES string of the molecule is COc1cccc(OC)c1C(O)C(C)(C)OC. The van der Waals surface area contributed by atoms with Gasteiger partial charge in [-0.2, -0.15) is 0 Å². The summed E-state index contributed by atoms with van der Waals surface area (Å²) in [6, 6.07) is 5.38. The van der Waals surface area contributed by atoms with Crippen molar-refractivity contribution < 1.29 is 19.3 Å². The predicted octanol–water partition coefficient (Wildman–Crippen LogP) is 2.16. The molecule has 0 aliphatic carbocycles. The van der Waals surface area contributed by atoms with Crippen LogP contribution in [0, 0.1) is 0 Å². The molecule has 0 radical (unpaired) electrons. The first-order chi connectivity index (χ1) is 7.97. The van der Waals surface area contributed by atoms with Gasteiger partial charge in [0.15, 0.2) is 0 Å². The largest absolute Gasteiger partial charge is 0.496 e.